The van der Waals surface area contributed by atoms with Crippen LogP contribution in [0.4, 0.5) is 0 Å². The first kappa shape index (κ1) is 20.8. The summed E-state index contributed by atoms with van der Waals surface area (Å²) in [5, 5.41) is 0. The number of benzene rings is 2. The zero-order valence-electron chi connectivity index (χ0n) is 18.5. The van der Waals surface area contributed by atoms with Gasteiger partial charge in [0.05, 0.1) is 0 Å². The molecule has 0 saturated heterocycles. The normalized spacial score (nSPS) is 22.4. The Morgan fingerprint density at radius 3 is 1.32 bits per heavy atom. The topological polar surface area (TPSA) is 0 Å². The molecule has 2 aromatic rings. The maximum absolute atomic E-state index is 2.61. The summed E-state index contributed by atoms with van der Waals surface area (Å²) in [7, 11) is 0. The summed E-state index contributed by atoms with van der Waals surface area (Å²) in [6, 6.07) is 18.4. The number of hydrogen-bond donors (Lipinski definition) is 0. The molecule has 0 bridgehead atoms. The number of hydrogen-bond acceptors (Lipinski definition) is 0. The van der Waals surface area contributed by atoms with E-state index in [0.717, 1.165) is 0 Å². The fourth-order valence-corrected chi connectivity index (χ4v) is 20.0. The van der Waals surface area contributed by atoms with Crippen LogP contribution in [0.5, 0.6) is 0 Å². The van der Waals surface area contributed by atoms with Gasteiger partial charge in [0.2, 0.25) is 0 Å². The SMILES string of the molecule is CC(C1=Cc2ccccc2[CH]1[Sn]([CH3])([CH3])[CH3])C1=Cc2ccccc2[CH]1[Sn]([CH3])([CH3])[CH3]. The number of allylic oxidation sites excluding steroid dienone is 2. The van der Waals surface area contributed by atoms with Crippen LogP contribution >= 0.6 is 0 Å². The molecule has 0 aliphatic heterocycles. The van der Waals surface area contributed by atoms with E-state index in [0.29, 0.717) is 13.8 Å². The first-order chi connectivity index (χ1) is 13.1. The van der Waals surface area contributed by atoms with E-state index in [9.17, 15) is 0 Å². The molecule has 0 amide bonds. The van der Waals surface area contributed by atoms with E-state index in [4.69, 9.17) is 0 Å². The third kappa shape index (κ3) is 3.57. The Morgan fingerprint density at radius 2 is 0.964 bits per heavy atom. The Labute approximate surface area is 179 Å². The molecule has 0 nitrogen and oxygen atoms in total. The first-order valence-corrected chi connectivity index (χ1v) is 31.1. The van der Waals surface area contributed by atoms with Crippen molar-refractivity contribution < 1.29 is 0 Å². The molecule has 2 atom stereocenters. The fourth-order valence-electron chi connectivity index (χ4n) is 5.57. The van der Waals surface area contributed by atoms with Crippen molar-refractivity contribution in [2.45, 2.75) is 44.4 Å². The standard InChI is InChI=1S/C20H16.6CH3.2Sn/c1-14(19-10-15-6-2-3-7-16(15)11-19)20-12-17-8-4-5-9-18(17)13-20;;;;;;;;/h2-14H,1H3;6*1H3;;. The molecule has 0 N–H and O–H groups in total. The van der Waals surface area contributed by atoms with E-state index >= 15 is 0 Å². The van der Waals surface area contributed by atoms with Gasteiger partial charge < -0.3 is 0 Å². The second kappa shape index (κ2) is 7.34. The molecule has 0 saturated carbocycles. The second-order valence-corrected chi connectivity index (χ2v) is 41.2. The van der Waals surface area contributed by atoms with E-state index in [2.05, 4.69) is 97.2 Å². The molecule has 4 rings (SSSR count). The number of rotatable bonds is 4. The van der Waals surface area contributed by atoms with Gasteiger partial charge in [-0.05, 0) is 0 Å². The Kier molecular flexibility index (Phi) is 5.44. The van der Waals surface area contributed by atoms with Crippen LogP contribution in [0.15, 0.2) is 59.7 Å². The summed E-state index contributed by atoms with van der Waals surface area (Å²) in [6.07, 6.45) is 5.12. The average Bonchev–Trinajstić information content (AvgIpc) is 3.19. The van der Waals surface area contributed by atoms with Gasteiger partial charge in [-0.25, -0.2) is 0 Å². The fraction of sp³-hybridized carbons (Fsp3) is 0.385. The zero-order valence-corrected chi connectivity index (χ0v) is 24.2. The van der Waals surface area contributed by atoms with Gasteiger partial charge in [-0.2, -0.15) is 0 Å². The summed E-state index contributed by atoms with van der Waals surface area (Å²) >= 11 is -4.39. The van der Waals surface area contributed by atoms with Gasteiger partial charge in [0, 0.05) is 0 Å². The Hall–Kier alpha value is -0.483. The molecule has 0 radical (unpaired) electrons. The molecule has 2 heteroatoms. The van der Waals surface area contributed by atoms with E-state index in [1.165, 1.54) is 11.1 Å². The van der Waals surface area contributed by atoms with Gasteiger partial charge in [0.25, 0.3) is 0 Å². The van der Waals surface area contributed by atoms with Crippen LogP contribution in [0.25, 0.3) is 12.2 Å². The quantitative estimate of drug-likeness (QED) is 0.323. The van der Waals surface area contributed by atoms with E-state index in [-0.39, 0.29) is 0 Å². The molecule has 0 spiro atoms. The third-order valence-corrected chi connectivity index (χ3v) is 20.2. The molecule has 2 unspecified atom stereocenters. The summed E-state index contributed by atoms with van der Waals surface area (Å²) < 4.78 is 1.42. The summed E-state index contributed by atoms with van der Waals surface area (Å²) in [6.45, 7) is 2.50. The predicted molar refractivity (Wildman–Crippen MR) is 130 cm³/mol. The van der Waals surface area contributed by atoms with E-state index in [1.54, 1.807) is 22.3 Å². The predicted octanol–water partition coefficient (Wildman–Crippen LogP) is 7.74. The molecule has 146 valence electrons. The Morgan fingerprint density at radius 1 is 0.607 bits per heavy atom. The van der Waals surface area contributed by atoms with Crippen LogP contribution in [0.2, 0.25) is 29.6 Å². The number of fused-ring (bicyclic) bond motifs is 2. The molecule has 2 aliphatic rings. The van der Waals surface area contributed by atoms with Crippen molar-refractivity contribution in [2.75, 3.05) is 0 Å². The van der Waals surface area contributed by atoms with Crippen LogP contribution in [0, 0.1) is 5.92 Å². The van der Waals surface area contributed by atoms with E-state index < -0.39 is 36.8 Å². The molecule has 0 aromatic heterocycles. The van der Waals surface area contributed by atoms with E-state index in [1.807, 2.05) is 0 Å². The van der Waals surface area contributed by atoms with Gasteiger partial charge in [-0.3, -0.25) is 0 Å². The van der Waals surface area contributed by atoms with Crippen LogP contribution in [-0.2, 0) is 0 Å². The average molecular weight is 584 g/mol. The van der Waals surface area contributed by atoms with Crippen molar-refractivity contribution in [1.29, 1.82) is 0 Å². The van der Waals surface area contributed by atoms with Crippen LogP contribution in [0.3, 0.4) is 0 Å². The summed E-state index contributed by atoms with van der Waals surface area (Å²) in [5.74, 6) is 0.543. The first-order valence-electron chi connectivity index (χ1n) is 10.7. The van der Waals surface area contributed by atoms with Crippen LogP contribution < -0.4 is 0 Å². The van der Waals surface area contributed by atoms with Gasteiger partial charge >= 0.3 is 181 Å². The zero-order chi connectivity index (χ0) is 20.3. The van der Waals surface area contributed by atoms with Gasteiger partial charge in [-0.1, -0.05) is 0 Å². The molecule has 2 aromatic carbocycles. The summed E-state index contributed by atoms with van der Waals surface area (Å²) in [5.41, 5.74) is 9.60. The van der Waals surface area contributed by atoms with Crippen LogP contribution in [0.1, 0.15) is 37.0 Å². The van der Waals surface area contributed by atoms with Crippen molar-refractivity contribution in [3.05, 3.63) is 81.9 Å². The minimum atomic E-state index is -2.20. The maximum atomic E-state index is 2.61. The molecular weight excluding hydrogens is 550 g/mol. The minimum absolute atomic E-state index is 0.543. The molecular formula is C26H34Sn2. The van der Waals surface area contributed by atoms with Crippen molar-refractivity contribution >= 4 is 48.9 Å². The third-order valence-electron chi connectivity index (χ3n) is 6.66. The Balaban J connectivity index is 1.80. The van der Waals surface area contributed by atoms with Crippen molar-refractivity contribution in [3.63, 3.8) is 0 Å². The molecule has 0 fully saturated rings. The monoisotopic (exact) mass is 586 g/mol. The second-order valence-electron chi connectivity index (χ2n) is 10.9. The van der Waals surface area contributed by atoms with Crippen molar-refractivity contribution in [3.8, 4) is 0 Å². The van der Waals surface area contributed by atoms with Gasteiger partial charge in [0.1, 0.15) is 0 Å². The molecule has 28 heavy (non-hydrogen) atoms. The summed E-state index contributed by atoms with van der Waals surface area (Å²) in [4.78, 5) is 15.7. The Bertz CT molecular complexity index is 887. The molecule has 0 heterocycles. The van der Waals surface area contributed by atoms with Gasteiger partial charge in [0.15, 0.2) is 0 Å². The van der Waals surface area contributed by atoms with Crippen molar-refractivity contribution in [1.82, 2.24) is 0 Å². The van der Waals surface area contributed by atoms with Crippen molar-refractivity contribution in [2.24, 2.45) is 5.92 Å². The van der Waals surface area contributed by atoms with Gasteiger partial charge in [-0.15, -0.1) is 0 Å². The molecule has 2 aliphatic carbocycles. The van der Waals surface area contributed by atoms with Crippen LogP contribution in [-0.4, -0.2) is 36.8 Å².